The zero-order valence-corrected chi connectivity index (χ0v) is 17.2. The number of carbonyl (C=O) groups is 2. The molecule has 0 aromatic carbocycles. The third-order valence-electron chi connectivity index (χ3n) is 5.80. The Morgan fingerprint density at radius 3 is 2.61 bits per heavy atom. The van der Waals surface area contributed by atoms with E-state index < -0.39 is 0 Å². The van der Waals surface area contributed by atoms with Crippen molar-refractivity contribution in [3.63, 3.8) is 0 Å². The van der Waals surface area contributed by atoms with Gasteiger partial charge in [0, 0.05) is 46.3 Å². The van der Waals surface area contributed by atoms with Crippen LogP contribution in [-0.4, -0.2) is 79.1 Å². The van der Waals surface area contributed by atoms with Crippen LogP contribution < -0.4 is 5.32 Å². The Bertz CT molecular complexity index is 682. The van der Waals surface area contributed by atoms with Crippen LogP contribution in [0.2, 0.25) is 0 Å². The van der Waals surface area contributed by atoms with E-state index in [1.165, 1.54) is 0 Å². The van der Waals surface area contributed by atoms with E-state index in [-0.39, 0.29) is 17.7 Å². The molecule has 8 heteroatoms. The first-order valence-corrected chi connectivity index (χ1v) is 10.2. The number of aryl methyl sites for hydroxylation is 2. The summed E-state index contributed by atoms with van der Waals surface area (Å²) in [7, 11) is 1.64. The van der Waals surface area contributed by atoms with Crippen LogP contribution in [0.25, 0.3) is 0 Å². The summed E-state index contributed by atoms with van der Waals surface area (Å²) in [5, 5.41) is 2.96. The van der Waals surface area contributed by atoms with Crippen molar-refractivity contribution in [1.29, 1.82) is 0 Å². The number of aromatic nitrogens is 1. The van der Waals surface area contributed by atoms with Crippen molar-refractivity contribution in [1.82, 2.24) is 20.1 Å². The van der Waals surface area contributed by atoms with Gasteiger partial charge in [-0.3, -0.25) is 14.5 Å². The number of methoxy groups -OCH3 is 1. The number of piperidine rings is 2. The quantitative estimate of drug-likeness (QED) is 0.736. The predicted octanol–water partition coefficient (Wildman–Crippen LogP) is 1.37. The van der Waals surface area contributed by atoms with E-state index >= 15 is 0 Å². The van der Waals surface area contributed by atoms with Gasteiger partial charge in [-0.2, -0.15) is 0 Å². The van der Waals surface area contributed by atoms with Gasteiger partial charge in [0.1, 0.15) is 5.76 Å². The topological polar surface area (TPSA) is 87.9 Å². The Hall–Kier alpha value is -1.93. The van der Waals surface area contributed by atoms with E-state index in [1.807, 2.05) is 4.90 Å². The van der Waals surface area contributed by atoms with Gasteiger partial charge in [-0.1, -0.05) is 0 Å². The molecule has 28 heavy (non-hydrogen) atoms. The molecule has 1 atom stereocenters. The molecule has 0 aliphatic carbocycles. The number of ether oxygens (including phenoxy) is 1. The molecule has 2 aliphatic rings. The number of nitrogens with one attached hydrogen (secondary N) is 1. The summed E-state index contributed by atoms with van der Waals surface area (Å²) in [5.41, 5.74) is 0.432. The number of hydrogen-bond acceptors (Lipinski definition) is 6. The molecule has 2 fully saturated rings. The summed E-state index contributed by atoms with van der Waals surface area (Å²) in [6.45, 7) is 7.92. The Morgan fingerprint density at radius 1 is 1.21 bits per heavy atom. The average molecular weight is 393 g/mol. The standard InChI is InChI=1S/C20H32N4O4/c1-14-18(22-15(2)28-14)20(26)23-10-6-17(7-11-23)24-9-4-5-16(13-24)19(25)21-8-12-27-3/h16-17H,4-13H2,1-3H3,(H,21,25). The van der Waals surface area contributed by atoms with Crippen LogP contribution in [0.3, 0.4) is 0 Å². The molecule has 2 saturated heterocycles. The van der Waals surface area contributed by atoms with Crippen molar-refractivity contribution in [3.05, 3.63) is 17.3 Å². The summed E-state index contributed by atoms with van der Waals surface area (Å²) in [6.07, 6.45) is 3.84. The third kappa shape index (κ3) is 4.91. The molecule has 1 aromatic rings. The minimum Gasteiger partial charge on any atom is -0.445 e. The van der Waals surface area contributed by atoms with Crippen LogP contribution in [0.5, 0.6) is 0 Å². The number of oxazole rings is 1. The highest BCUT2D eigenvalue weighted by Crippen LogP contribution is 2.25. The number of nitrogens with zero attached hydrogens (tertiary/aromatic N) is 3. The third-order valence-corrected chi connectivity index (χ3v) is 5.80. The van der Waals surface area contributed by atoms with Crippen molar-refractivity contribution >= 4 is 11.8 Å². The fourth-order valence-corrected chi connectivity index (χ4v) is 4.28. The van der Waals surface area contributed by atoms with E-state index in [2.05, 4.69) is 15.2 Å². The van der Waals surface area contributed by atoms with E-state index in [0.717, 1.165) is 51.9 Å². The van der Waals surface area contributed by atoms with Gasteiger partial charge >= 0.3 is 0 Å². The Balaban J connectivity index is 1.49. The molecular weight excluding hydrogens is 360 g/mol. The van der Waals surface area contributed by atoms with Crippen LogP contribution in [0.1, 0.15) is 47.8 Å². The lowest BCUT2D eigenvalue weighted by atomic mass is 9.93. The first-order valence-electron chi connectivity index (χ1n) is 10.2. The molecule has 1 N–H and O–H groups in total. The fourth-order valence-electron chi connectivity index (χ4n) is 4.28. The molecular formula is C20H32N4O4. The molecule has 1 unspecified atom stereocenters. The summed E-state index contributed by atoms with van der Waals surface area (Å²) in [5.74, 6) is 1.25. The van der Waals surface area contributed by atoms with E-state index in [9.17, 15) is 9.59 Å². The lowest BCUT2D eigenvalue weighted by Gasteiger charge is -2.41. The van der Waals surface area contributed by atoms with Crippen molar-refractivity contribution in [2.24, 2.45) is 5.92 Å². The van der Waals surface area contributed by atoms with Gasteiger partial charge in [0.2, 0.25) is 5.91 Å². The SMILES string of the molecule is COCCNC(=O)C1CCCN(C2CCN(C(=O)c3nc(C)oc3C)CC2)C1. The molecule has 2 aliphatic heterocycles. The normalized spacial score (nSPS) is 21.7. The van der Waals surface area contributed by atoms with E-state index in [4.69, 9.17) is 9.15 Å². The maximum absolute atomic E-state index is 12.7. The number of hydrogen-bond donors (Lipinski definition) is 1. The summed E-state index contributed by atoms with van der Waals surface area (Å²) < 4.78 is 10.4. The lowest BCUT2D eigenvalue weighted by molar-refractivity contribution is -0.127. The summed E-state index contributed by atoms with van der Waals surface area (Å²) in [6, 6.07) is 0.429. The predicted molar refractivity (Wildman–Crippen MR) is 104 cm³/mol. The first kappa shape index (κ1) is 20.8. The van der Waals surface area contributed by atoms with Crippen LogP contribution in [0.15, 0.2) is 4.42 Å². The highest BCUT2D eigenvalue weighted by Gasteiger charge is 2.33. The van der Waals surface area contributed by atoms with Gasteiger partial charge in [0.05, 0.1) is 12.5 Å². The minimum atomic E-state index is -0.0400. The zero-order chi connectivity index (χ0) is 20.1. The lowest BCUT2D eigenvalue weighted by Crippen LogP contribution is -2.51. The Labute approximate surface area is 166 Å². The number of amides is 2. The smallest absolute Gasteiger partial charge is 0.276 e. The monoisotopic (exact) mass is 392 g/mol. The van der Waals surface area contributed by atoms with Gasteiger partial charge in [0.25, 0.3) is 5.91 Å². The largest absolute Gasteiger partial charge is 0.445 e. The van der Waals surface area contributed by atoms with Gasteiger partial charge in [-0.05, 0) is 39.2 Å². The number of likely N-dealkylation sites (tertiary alicyclic amines) is 2. The Kier molecular flexibility index (Phi) is 7.07. The maximum atomic E-state index is 12.7. The molecule has 0 saturated carbocycles. The van der Waals surface area contributed by atoms with Gasteiger partial charge in [-0.15, -0.1) is 0 Å². The maximum Gasteiger partial charge on any atom is 0.276 e. The molecule has 3 heterocycles. The van der Waals surface area contributed by atoms with Crippen LogP contribution in [0, 0.1) is 19.8 Å². The van der Waals surface area contributed by atoms with Crippen LogP contribution in [0.4, 0.5) is 0 Å². The molecule has 1 aromatic heterocycles. The second-order valence-electron chi connectivity index (χ2n) is 7.78. The first-order chi connectivity index (χ1) is 13.5. The Morgan fingerprint density at radius 2 is 1.96 bits per heavy atom. The van der Waals surface area contributed by atoms with Gasteiger partial charge in [0.15, 0.2) is 11.6 Å². The van der Waals surface area contributed by atoms with Crippen LogP contribution >= 0.6 is 0 Å². The molecule has 0 radical (unpaired) electrons. The highest BCUT2D eigenvalue weighted by molar-refractivity contribution is 5.93. The molecule has 0 bridgehead atoms. The molecule has 156 valence electrons. The second kappa shape index (κ2) is 9.52. The summed E-state index contributed by atoms with van der Waals surface area (Å²) in [4.78, 5) is 33.6. The molecule has 3 rings (SSSR count). The van der Waals surface area contributed by atoms with E-state index in [0.29, 0.717) is 36.5 Å². The molecule has 8 nitrogen and oxygen atoms in total. The van der Waals surface area contributed by atoms with Gasteiger partial charge in [-0.25, -0.2) is 4.98 Å². The van der Waals surface area contributed by atoms with Crippen LogP contribution in [-0.2, 0) is 9.53 Å². The average Bonchev–Trinajstić information content (AvgIpc) is 3.05. The molecule has 0 spiro atoms. The minimum absolute atomic E-state index is 0.0400. The van der Waals surface area contributed by atoms with Crippen molar-refractivity contribution < 1.29 is 18.7 Å². The zero-order valence-electron chi connectivity index (χ0n) is 17.2. The van der Waals surface area contributed by atoms with Crippen molar-refractivity contribution in [3.8, 4) is 0 Å². The van der Waals surface area contributed by atoms with Crippen molar-refractivity contribution in [2.75, 3.05) is 46.4 Å². The van der Waals surface area contributed by atoms with Crippen molar-refractivity contribution in [2.45, 2.75) is 45.6 Å². The number of carbonyl (C=O) groups excluding carboxylic acids is 2. The number of rotatable bonds is 6. The van der Waals surface area contributed by atoms with Gasteiger partial charge < -0.3 is 19.4 Å². The second-order valence-corrected chi connectivity index (χ2v) is 7.78. The summed E-state index contributed by atoms with van der Waals surface area (Å²) >= 11 is 0. The highest BCUT2D eigenvalue weighted by atomic mass is 16.5. The fraction of sp³-hybridized carbons (Fsp3) is 0.750. The molecule has 2 amide bonds. The van der Waals surface area contributed by atoms with E-state index in [1.54, 1.807) is 21.0 Å².